The molecule has 272 valence electrons. The van der Waals surface area contributed by atoms with Gasteiger partial charge in [-0.15, -0.1) is 0 Å². The van der Waals surface area contributed by atoms with Gasteiger partial charge in [-0.3, -0.25) is 8.98 Å². The van der Waals surface area contributed by atoms with Crippen LogP contribution in [0, 0.1) is 18.3 Å². The summed E-state index contributed by atoms with van der Waals surface area (Å²) in [4.78, 5) is 12.6. The molecule has 3 aromatic carbocycles. The van der Waals surface area contributed by atoms with Crippen molar-refractivity contribution in [3.05, 3.63) is 108 Å². The van der Waals surface area contributed by atoms with E-state index in [4.69, 9.17) is 8.92 Å². The molecule has 6 aliphatic rings. The third-order valence-electron chi connectivity index (χ3n) is 11.4. The number of carbonyl (C=O) groups is 1. The van der Waals surface area contributed by atoms with Crippen LogP contribution in [0.5, 0.6) is 0 Å². The Kier molecular flexibility index (Phi) is 12.9. The Morgan fingerprint density at radius 2 is 1.24 bits per heavy atom. The minimum absolute atomic E-state index is 0.0687. The second kappa shape index (κ2) is 17.0. The van der Waals surface area contributed by atoms with Crippen molar-refractivity contribution in [1.29, 1.82) is 0 Å². The highest BCUT2D eigenvalue weighted by molar-refractivity contribution is 7.86. The molecule has 0 saturated heterocycles. The first-order valence-corrected chi connectivity index (χ1v) is 20.1. The van der Waals surface area contributed by atoms with Crippen LogP contribution in [0.25, 0.3) is 0 Å². The maximum atomic E-state index is 12.6. The van der Waals surface area contributed by atoms with E-state index in [1.54, 1.807) is 6.92 Å². The lowest BCUT2D eigenvalue weighted by atomic mass is 9.55. The highest BCUT2D eigenvalue weighted by Gasteiger charge is 2.60. The standard InChI is InChI=1S/C19H27NO5S.C15H21NO.C7H8/c1-3-24-17(21)19-11-9-18(10-12-19,13-16(19)25-26(2,22)23)20-14-15-7-5-4-6-8-15;17-14-10-15(8-6-13(14)7-9-15)16-11-12-4-2-1-3-5-12;1-7-5-3-2-4-6-7/h4-8,16,20H,3,9-14H2,1-2H3;1-5,13-14,16-17H,6-11H2;2-6H,1H3. The average molecular weight is 705 g/mol. The number of benzene rings is 3. The number of ether oxygens (including phenoxy) is 1. The van der Waals surface area contributed by atoms with E-state index < -0.39 is 21.6 Å². The Bertz CT molecular complexity index is 1590. The number of carbonyl (C=O) groups excluding carboxylic acids is 1. The van der Waals surface area contributed by atoms with E-state index in [9.17, 15) is 18.3 Å². The van der Waals surface area contributed by atoms with Crippen LogP contribution in [0.2, 0.25) is 0 Å². The summed E-state index contributed by atoms with van der Waals surface area (Å²) < 4.78 is 34.2. The molecular weight excluding hydrogens is 649 g/mol. The summed E-state index contributed by atoms with van der Waals surface area (Å²) in [7, 11) is -3.66. The monoisotopic (exact) mass is 704 g/mol. The van der Waals surface area contributed by atoms with Gasteiger partial charge in [0.05, 0.1) is 30.5 Å². The lowest BCUT2D eigenvalue weighted by Gasteiger charge is -2.55. The summed E-state index contributed by atoms with van der Waals surface area (Å²) in [5, 5.41) is 17.3. The molecule has 0 spiro atoms. The molecule has 8 nitrogen and oxygen atoms in total. The maximum absolute atomic E-state index is 12.6. The van der Waals surface area contributed by atoms with Crippen molar-refractivity contribution < 1.29 is 27.2 Å². The topological polar surface area (TPSA) is 114 Å². The fourth-order valence-electron chi connectivity index (χ4n) is 8.35. The molecule has 0 radical (unpaired) electrons. The molecule has 6 fully saturated rings. The van der Waals surface area contributed by atoms with Crippen molar-refractivity contribution in [3.8, 4) is 0 Å². The molecular formula is C41H56N2O6S. The summed E-state index contributed by atoms with van der Waals surface area (Å²) in [5.74, 6) is 0.250. The molecule has 50 heavy (non-hydrogen) atoms. The Morgan fingerprint density at radius 1 is 0.760 bits per heavy atom. The van der Waals surface area contributed by atoms with Gasteiger partial charge in [-0.1, -0.05) is 96.6 Å². The Labute approximate surface area is 299 Å². The molecule has 9 rings (SSSR count). The second-order valence-corrected chi connectivity index (χ2v) is 16.5. The van der Waals surface area contributed by atoms with Gasteiger partial charge in [-0.2, -0.15) is 8.42 Å². The fraction of sp³-hybridized carbons (Fsp3) is 0.537. The van der Waals surface area contributed by atoms with Gasteiger partial charge in [0.15, 0.2) is 0 Å². The van der Waals surface area contributed by atoms with Gasteiger partial charge in [-0.05, 0) is 95.1 Å². The first kappa shape index (κ1) is 38.2. The molecule has 6 aliphatic carbocycles. The van der Waals surface area contributed by atoms with E-state index in [0.29, 0.717) is 31.7 Å². The molecule has 3 N–H and O–H groups in total. The molecule has 0 aromatic heterocycles. The van der Waals surface area contributed by atoms with Crippen LogP contribution in [0.3, 0.4) is 0 Å². The van der Waals surface area contributed by atoms with E-state index in [-0.39, 0.29) is 29.8 Å². The van der Waals surface area contributed by atoms with E-state index in [2.05, 4.69) is 72.2 Å². The Hall–Kier alpha value is -3.08. The number of nitrogens with one attached hydrogen (secondary N) is 2. The first-order chi connectivity index (χ1) is 24.0. The molecule has 0 heterocycles. The van der Waals surface area contributed by atoms with Crippen LogP contribution in [0.15, 0.2) is 91.0 Å². The minimum Gasteiger partial charge on any atom is -0.465 e. The number of esters is 1. The quantitative estimate of drug-likeness (QED) is 0.155. The van der Waals surface area contributed by atoms with Crippen molar-refractivity contribution in [2.24, 2.45) is 11.3 Å². The summed E-state index contributed by atoms with van der Waals surface area (Å²) in [5.41, 5.74) is 2.99. The lowest BCUT2D eigenvalue weighted by molar-refractivity contribution is -0.175. The minimum atomic E-state index is -3.66. The maximum Gasteiger partial charge on any atom is 0.314 e. The van der Waals surface area contributed by atoms with Gasteiger partial charge in [0.1, 0.15) is 0 Å². The van der Waals surface area contributed by atoms with Crippen LogP contribution in [0.4, 0.5) is 0 Å². The highest BCUT2D eigenvalue weighted by atomic mass is 32.2. The predicted molar refractivity (Wildman–Crippen MR) is 198 cm³/mol. The van der Waals surface area contributed by atoms with Gasteiger partial charge < -0.3 is 20.5 Å². The third kappa shape index (κ3) is 10.0. The fourth-order valence-corrected chi connectivity index (χ4v) is 9.02. The van der Waals surface area contributed by atoms with Crippen molar-refractivity contribution in [2.75, 3.05) is 12.9 Å². The smallest absolute Gasteiger partial charge is 0.314 e. The average Bonchev–Trinajstić information content (AvgIpc) is 3.12. The molecule has 4 bridgehead atoms. The van der Waals surface area contributed by atoms with Gasteiger partial charge in [0.2, 0.25) is 0 Å². The van der Waals surface area contributed by atoms with Crippen LogP contribution >= 0.6 is 0 Å². The number of hydrogen-bond donors (Lipinski definition) is 3. The van der Waals surface area contributed by atoms with Crippen molar-refractivity contribution in [2.45, 2.75) is 114 Å². The number of hydrogen-bond acceptors (Lipinski definition) is 8. The number of aryl methyl sites for hydroxylation is 1. The molecule has 0 amide bonds. The van der Waals surface area contributed by atoms with Gasteiger partial charge in [0.25, 0.3) is 10.1 Å². The lowest BCUT2D eigenvalue weighted by Crippen LogP contribution is -2.63. The molecule has 6 saturated carbocycles. The van der Waals surface area contributed by atoms with Crippen LogP contribution in [-0.4, -0.2) is 55.6 Å². The summed E-state index contributed by atoms with van der Waals surface area (Å²) in [6, 6.07) is 30.9. The first-order valence-electron chi connectivity index (χ1n) is 18.3. The van der Waals surface area contributed by atoms with Crippen LogP contribution in [0.1, 0.15) is 87.8 Å². The zero-order valence-electron chi connectivity index (χ0n) is 30.0. The summed E-state index contributed by atoms with van der Waals surface area (Å²) in [6.45, 7) is 5.76. The number of fused-ring (bicyclic) bond motifs is 6. The molecule has 3 aromatic rings. The van der Waals surface area contributed by atoms with Crippen molar-refractivity contribution in [3.63, 3.8) is 0 Å². The van der Waals surface area contributed by atoms with Gasteiger partial charge in [0, 0.05) is 24.2 Å². The normalized spacial score (nSPS) is 29.6. The number of aliphatic hydroxyl groups is 1. The van der Waals surface area contributed by atoms with Crippen LogP contribution in [-0.2, 0) is 36.9 Å². The van der Waals surface area contributed by atoms with Crippen molar-refractivity contribution >= 4 is 16.1 Å². The zero-order valence-corrected chi connectivity index (χ0v) is 30.8. The van der Waals surface area contributed by atoms with E-state index in [0.717, 1.165) is 32.1 Å². The summed E-state index contributed by atoms with van der Waals surface area (Å²) >= 11 is 0. The largest absolute Gasteiger partial charge is 0.465 e. The number of rotatable bonds is 10. The molecule has 0 aliphatic heterocycles. The van der Waals surface area contributed by atoms with Gasteiger partial charge in [-0.25, -0.2) is 0 Å². The Balaban J connectivity index is 0.000000171. The molecule has 9 heteroatoms. The second-order valence-electron chi connectivity index (χ2n) is 14.9. The van der Waals surface area contributed by atoms with Gasteiger partial charge >= 0.3 is 5.97 Å². The SMILES string of the molecule is CCOC(=O)C12CCC(NCc3ccccc3)(CC1)CC2OS(C)(=O)=O.Cc1ccccc1.OC1CC2(NCc3ccccc3)CCC1CC2. The predicted octanol–water partition coefficient (Wildman–Crippen LogP) is 6.85. The zero-order chi connectivity index (χ0) is 35.7. The molecule has 2 unspecified atom stereocenters. The molecule has 2 atom stereocenters. The van der Waals surface area contributed by atoms with Crippen LogP contribution < -0.4 is 10.6 Å². The van der Waals surface area contributed by atoms with E-state index in [1.165, 1.54) is 42.4 Å². The number of aliphatic hydroxyl groups excluding tert-OH is 1. The third-order valence-corrected chi connectivity index (χ3v) is 11.9. The van der Waals surface area contributed by atoms with Crippen molar-refractivity contribution in [1.82, 2.24) is 10.6 Å². The van der Waals surface area contributed by atoms with E-state index in [1.807, 2.05) is 36.4 Å². The highest BCUT2D eigenvalue weighted by Crippen LogP contribution is 2.54. The summed E-state index contributed by atoms with van der Waals surface area (Å²) in [6.07, 6.45) is 9.37. The van der Waals surface area contributed by atoms with E-state index >= 15 is 0 Å². The Morgan fingerprint density at radius 3 is 1.66 bits per heavy atom.